The lowest BCUT2D eigenvalue weighted by Crippen LogP contribution is -2.22. The number of pyridine rings is 1. The number of phenols is 1. The monoisotopic (exact) mass is 309 g/mol. The van der Waals surface area contributed by atoms with Gasteiger partial charge < -0.3 is 9.67 Å². The SMILES string of the molecule is Cn1c(Cc2ccccc2)ccc(-c2ccc(O)c(F)c2)c1=O. The molecule has 1 heterocycles. The zero-order valence-corrected chi connectivity index (χ0v) is 12.7. The summed E-state index contributed by atoms with van der Waals surface area (Å²) in [6.07, 6.45) is 0.650. The van der Waals surface area contributed by atoms with E-state index in [1.807, 2.05) is 36.4 Å². The molecule has 1 N–H and O–H groups in total. The Morgan fingerprint density at radius 2 is 1.78 bits per heavy atom. The summed E-state index contributed by atoms with van der Waals surface area (Å²) in [4.78, 5) is 12.6. The van der Waals surface area contributed by atoms with Crippen LogP contribution in [0.2, 0.25) is 0 Å². The molecule has 116 valence electrons. The highest BCUT2D eigenvalue weighted by atomic mass is 19.1. The highest BCUT2D eigenvalue weighted by Gasteiger charge is 2.10. The van der Waals surface area contributed by atoms with Crippen molar-refractivity contribution in [2.45, 2.75) is 6.42 Å². The van der Waals surface area contributed by atoms with Crippen molar-refractivity contribution in [1.82, 2.24) is 4.57 Å². The normalized spacial score (nSPS) is 10.7. The van der Waals surface area contributed by atoms with Crippen molar-refractivity contribution in [3.63, 3.8) is 0 Å². The summed E-state index contributed by atoms with van der Waals surface area (Å²) in [7, 11) is 1.71. The maximum absolute atomic E-state index is 13.5. The molecule has 0 radical (unpaired) electrons. The van der Waals surface area contributed by atoms with Crippen LogP contribution in [0.3, 0.4) is 0 Å². The third kappa shape index (κ3) is 3.01. The minimum atomic E-state index is -0.738. The van der Waals surface area contributed by atoms with Gasteiger partial charge in [-0.2, -0.15) is 0 Å². The second-order valence-corrected chi connectivity index (χ2v) is 5.43. The Labute approximate surface area is 133 Å². The van der Waals surface area contributed by atoms with E-state index in [0.29, 0.717) is 17.5 Å². The number of hydrogen-bond donors (Lipinski definition) is 1. The number of halogens is 1. The average molecular weight is 309 g/mol. The minimum Gasteiger partial charge on any atom is -0.505 e. The largest absolute Gasteiger partial charge is 0.505 e. The summed E-state index contributed by atoms with van der Waals surface area (Å²) >= 11 is 0. The first-order chi connectivity index (χ1) is 11.1. The fraction of sp³-hybridized carbons (Fsp3) is 0.105. The van der Waals surface area contributed by atoms with Crippen LogP contribution < -0.4 is 5.56 Å². The Morgan fingerprint density at radius 3 is 2.48 bits per heavy atom. The molecule has 1 aromatic heterocycles. The number of nitrogens with zero attached hydrogens (tertiary/aromatic N) is 1. The number of phenolic OH excluding ortho intramolecular Hbond substituents is 1. The Balaban J connectivity index is 2.00. The van der Waals surface area contributed by atoms with Gasteiger partial charge in [0.2, 0.25) is 0 Å². The summed E-state index contributed by atoms with van der Waals surface area (Å²) in [6, 6.07) is 17.4. The molecule has 23 heavy (non-hydrogen) atoms. The van der Waals surface area contributed by atoms with Crippen molar-refractivity contribution >= 4 is 0 Å². The third-order valence-corrected chi connectivity index (χ3v) is 3.90. The molecule has 0 amide bonds. The van der Waals surface area contributed by atoms with E-state index in [1.165, 1.54) is 18.2 Å². The van der Waals surface area contributed by atoms with Gasteiger partial charge in [-0.1, -0.05) is 36.4 Å². The number of benzene rings is 2. The number of hydrogen-bond acceptors (Lipinski definition) is 2. The van der Waals surface area contributed by atoms with Gasteiger partial charge in [0.1, 0.15) is 0 Å². The van der Waals surface area contributed by atoms with Crippen LogP contribution in [0, 0.1) is 5.82 Å². The van der Waals surface area contributed by atoms with Crippen molar-refractivity contribution in [2.24, 2.45) is 7.05 Å². The van der Waals surface area contributed by atoms with E-state index in [-0.39, 0.29) is 5.56 Å². The molecule has 0 aliphatic heterocycles. The lowest BCUT2D eigenvalue weighted by Gasteiger charge is -2.11. The van der Waals surface area contributed by atoms with Crippen LogP contribution in [0.1, 0.15) is 11.3 Å². The molecule has 0 unspecified atom stereocenters. The molecule has 0 fully saturated rings. The van der Waals surface area contributed by atoms with E-state index in [9.17, 15) is 14.3 Å². The molecule has 3 rings (SSSR count). The van der Waals surface area contributed by atoms with Gasteiger partial charge >= 0.3 is 0 Å². The number of aromatic nitrogens is 1. The smallest absolute Gasteiger partial charge is 0.258 e. The lowest BCUT2D eigenvalue weighted by atomic mass is 10.0. The zero-order chi connectivity index (χ0) is 16.4. The molecule has 0 aliphatic carbocycles. The van der Waals surface area contributed by atoms with E-state index in [1.54, 1.807) is 17.7 Å². The molecule has 0 bridgehead atoms. The van der Waals surface area contributed by atoms with Crippen LogP contribution in [0.4, 0.5) is 4.39 Å². The van der Waals surface area contributed by atoms with Gasteiger partial charge in [0.05, 0.1) is 0 Å². The first-order valence-corrected chi connectivity index (χ1v) is 7.28. The topological polar surface area (TPSA) is 42.2 Å². The van der Waals surface area contributed by atoms with Crippen LogP contribution in [-0.2, 0) is 13.5 Å². The predicted molar refractivity (Wildman–Crippen MR) is 88.0 cm³/mol. The molecule has 0 spiro atoms. The fourth-order valence-corrected chi connectivity index (χ4v) is 2.55. The molecule has 0 aliphatic rings. The average Bonchev–Trinajstić information content (AvgIpc) is 2.56. The van der Waals surface area contributed by atoms with Crippen LogP contribution >= 0.6 is 0 Å². The number of aromatic hydroxyl groups is 1. The molecule has 3 aromatic rings. The first-order valence-electron chi connectivity index (χ1n) is 7.28. The summed E-state index contributed by atoms with van der Waals surface area (Å²) in [6.45, 7) is 0. The van der Waals surface area contributed by atoms with Gasteiger partial charge in [-0.25, -0.2) is 4.39 Å². The van der Waals surface area contributed by atoms with Gasteiger partial charge in [-0.15, -0.1) is 0 Å². The third-order valence-electron chi connectivity index (χ3n) is 3.90. The maximum atomic E-state index is 13.5. The van der Waals surface area contributed by atoms with Gasteiger partial charge in [0.15, 0.2) is 11.6 Å². The van der Waals surface area contributed by atoms with Crippen molar-refractivity contribution in [2.75, 3.05) is 0 Å². The summed E-state index contributed by atoms with van der Waals surface area (Å²) in [5, 5.41) is 9.26. The van der Waals surface area contributed by atoms with Gasteiger partial charge in [0.25, 0.3) is 5.56 Å². The molecule has 2 aromatic carbocycles. The summed E-state index contributed by atoms with van der Waals surface area (Å²) < 4.78 is 15.1. The molecule has 4 heteroatoms. The second-order valence-electron chi connectivity index (χ2n) is 5.43. The Hall–Kier alpha value is -2.88. The van der Waals surface area contributed by atoms with E-state index >= 15 is 0 Å². The van der Waals surface area contributed by atoms with Crippen LogP contribution in [0.25, 0.3) is 11.1 Å². The predicted octanol–water partition coefficient (Wildman–Crippen LogP) is 3.49. The van der Waals surface area contributed by atoms with Crippen molar-refractivity contribution in [3.8, 4) is 16.9 Å². The van der Waals surface area contributed by atoms with Crippen LogP contribution in [0.15, 0.2) is 65.5 Å². The number of rotatable bonds is 3. The minimum absolute atomic E-state index is 0.191. The molecular formula is C19H16FNO2. The Kier molecular flexibility index (Phi) is 3.98. The molecule has 0 saturated heterocycles. The molecule has 3 nitrogen and oxygen atoms in total. The van der Waals surface area contributed by atoms with Crippen molar-refractivity contribution in [3.05, 3.63) is 88.1 Å². The van der Waals surface area contributed by atoms with Crippen molar-refractivity contribution < 1.29 is 9.50 Å². The Morgan fingerprint density at radius 1 is 1.04 bits per heavy atom. The van der Waals surface area contributed by atoms with Gasteiger partial charge in [-0.05, 0) is 35.4 Å². The molecular weight excluding hydrogens is 293 g/mol. The first kappa shape index (κ1) is 15.0. The van der Waals surface area contributed by atoms with Gasteiger partial charge in [-0.3, -0.25) is 4.79 Å². The van der Waals surface area contributed by atoms with E-state index < -0.39 is 11.6 Å². The molecule has 0 saturated carbocycles. The highest BCUT2D eigenvalue weighted by molar-refractivity contribution is 5.63. The van der Waals surface area contributed by atoms with Crippen LogP contribution in [0.5, 0.6) is 5.75 Å². The summed E-state index contributed by atoms with van der Waals surface area (Å²) in [5.74, 6) is -1.16. The second kappa shape index (κ2) is 6.08. The zero-order valence-electron chi connectivity index (χ0n) is 12.7. The van der Waals surface area contributed by atoms with E-state index in [0.717, 1.165) is 11.3 Å². The van der Waals surface area contributed by atoms with Crippen LogP contribution in [-0.4, -0.2) is 9.67 Å². The van der Waals surface area contributed by atoms with Gasteiger partial charge in [0, 0.05) is 24.7 Å². The highest BCUT2D eigenvalue weighted by Crippen LogP contribution is 2.23. The lowest BCUT2D eigenvalue weighted by molar-refractivity contribution is 0.432. The van der Waals surface area contributed by atoms with E-state index in [2.05, 4.69) is 0 Å². The standard InChI is InChI=1S/C19H16FNO2/c1-21-15(11-13-5-3-2-4-6-13)8-9-16(19(21)23)14-7-10-18(22)17(20)12-14/h2-10,12,22H,11H2,1H3. The molecule has 0 atom stereocenters. The quantitative estimate of drug-likeness (QED) is 0.805. The Bertz CT molecular complexity index is 901. The maximum Gasteiger partial charge on any atom is 0.258 e. The van der Waals surface area contributed by atoms with Crippen molar-refractivity contribution in [1.29, 1.82) is 0 Å². The van der Waals surface area contributed by atoms with E-state index in [4.69, 9.17) is 0 Å². The summed E-state index contributed by atoms with van der Waals surface area (Å²) in [5.41, 5.74) is 2.66. The fourth-order valence-electron chi connectivity index (χ4n) is 2.55.